The molecule has 1 aliphatic rings. The Labute approximate surface area is 131 Å². The van der Waals surface area contributed by atoms with Gasteiger partial charge in [0.05, 0.1) is 0 Å². The van der Waals surface area contributed by atoms with Crippen LogP contribution in [0.3, 0.4) is 0 Å². The summed E-state index contributed by atoms with van der Waals surface area (Å²) in [5, 5.41) is 0. The Hall–Kier alpha value is -0.240. The highest BCUT2D eigenvalue weighted by molar-refractivity contribution is 7.80. The second kappa shape index (κ2) is 12.5. The van der Waals surface area contributed by atoms with Crippen LogP contribution in [0.15, 0.2) is 17.3 Å². The van der Waals surface area contributed by atoms with Gasteiger partial charge >= 0.3 is 0 Å². The lowest BCUT2D eigenvalue weighted by Crippen LogP contribution is -2.02. The Kier molecular flexibility index (Phi) is 11.1. The molecule has 116 valence electrons. The molecule has 1 nitrogen and oxygen atoms in total. The van der Waals surface area contributed by atoms with E-state index in [4.69, 9.17) is 0 Å². The third-order valence-corrected chi connectivity index (χ3v) is 4.54. The molecule has 0 aromatic heterocycles. The zero-order valence-electron chi connectivity index (χ0n) is 13.3. The Bertz CT molecular complexity index is 283. The first kappa shape index (κ1) is 17.8. The standard InChI is InChI=1S/C18H33NS/c1-2-3-4-8-11-18-13-12-17(14-15-19-18)10-7-5-6-9-16-20/h14-15,17,20H,2-13,16H2,1H3. The van der Waals surface area contributed by atoms with E-state index in [0.29, 0.717) is 0 Å². The highest BCUT2D eigenvalue weighted by atomic mass is 32.1. The van der Waals surface area contributed by atoms with Gasteiger partial charge in [-0.1, -0.05) is 51.5 Å². The van der Waals surface area contributed by atoms with Gasteiger partial charge < -0.3 is 0 Å². The summed E-state index contributed by atoms with van der Waals surface area (Å²) >= 11 is 4.26. The minimum absolute atomic E-state index is 0.767. The molecule has 0 aromatic rings. The molecule has 0 bridgehead atoms. The first-order chi connectivity index (χ1) is 9.86. The number of thiol groups is 1. The molecule has 20 heavy (non-hydrogen) atoms. The van der Waals surface area contributed by atoms with Crippen molar-refractivity contribution in [1.29, 1.82) is 0 Å². The van der Waals surface area contributed by atoms with Crippen LogP contribution in [0.2, 0.25) is 0 Å². The highest BCUT2D eigenvalue weighted by Crippen LogP contribution is 2.21. The van der Waals surface area contributed by atoms with Gasteiger partial charge in [0.25, 0.3) is 0 Å². The molecule has 1 aliphatic heterocycles. The minimum Gasteiger partial charge on any atom is -0.266 e. The van der Waals surface area contributed by atoms with Crippen molar-refractivity contribution in [2.45, 2.75) is 84.0 Å². The van der Waals surface area contributed by atoms with E-state index in [9.17, 15) is 0 Å². The van der Waals surface area contributed by atoms with Crippen LogP contribution in [0.25, 0.3) is 0 Å². The Morgan fingerprint density at radius 3 is 2.70 bits per heavy atom. The molecule has 0 spiro atoms. The maximum Gasteiger partial charge on any atom is 0.0230 e. The Morgan fingerprint density at radius 2 is 1.90 bits per heavy atom. The molecule has 0 radical (unpaired) electrons. The van der Waals surface area contributed by atoms with Gasteiger partial charge in [0.2, 0.25) is 0 Å². The molecule has 0 N–H and O–H groups in total. The zero-order chi connectivity index (χ0) is 14.5. The number of aliphatic imine (C=N–C) groups is 1. The van der Waals surface area contributed by atoms with Crippen molar-refractivity contribution in [2.24, 2.45) is 10.9 Å². The van der Waals surface area contributed by atoms with Crippen molar-refractivity contribution in [1.82, 2.24) is 0 Å². The van der Waals surface area contributed by atoms with Gasteiger partial charge in [0.1, 0.15) is 0 Å². The molecule has 2 heteroatoms. The molecule has 1 unspecified atom stereocenters. The third-order valence-electron chi connectivity index (χ3n) is 4.22. The van der Waals surface area contributed by atoms with Crippen molar-refractivity contribution >= 4 is 18.3 Å². The average molecular weight is 296 g/mol. The van der Waals surface area contributed by atoms with Gasteiger partial charge in [0, 0.05) is 11.9 Å². The van der Waals surface area contributed by atoms with Crippen molar-refractivity contribution < 1.29 is 0 Å². The number of rotatable bonds is 11. The van der Waals surface area contributed by atoms with E-state index in [1.54, 1.807) is 0 Å². The summed E-state index contributed by atoms with van der Waals surface area (Å²) in [6.45, 7) is 2.27. The molecule has 0 aromatic carbocycles. The maximum atomic E-state index is 4.65. The topological polar surface area (TPSA) is 12.4 Å². The number of hydrogen-bond donors (Lipinski definition) is 1. The summed E-state index contributed by atoms with van der Waals surface area (Å²) in [6.07, 6.45) is 20.3. The van der Waals surface area contributed by atoms with Crippen LogP contribution in [-0.4, -0.2) is 11.5 Å². The smallest absolute Gasteiger partial charge is 0.0230 e. The van der Waals surface area contributed by atoms with Crippen LogP contribution in [-0.2, 0) is 0 Å². The van der Waals surface area contributed by atoms with Crippen LogP contribution in [0.5, 0.6) is 0 Å². The van der Waals surface area contributed by atoms with Crippen LogP contribution in [0.4, 0.5) is 0 Å². The number of hydrogen-bond acceptors (Lipinski definition) is 2. The lowest BCUT2D eigenvalue weighted by molar-refractivity contribution is 0.509. The van der Waals surface area contributed by atoms with Gasteiger partial charge in [-0.15, -0.1) is 0 Å². The molecule has 0 fully saturated rings. The van der Waals surface area contributed by atoms with Crippen molar-refractivity contribution in [3.63, 3.8) is 0 Å². The van der Waals surface area contributed by atoms with E-state index >= 15 is 0 Å². The van der Waals surface area contributed by atoms with E-state index in [1.807, 2.05) is 0 Å². The molecule has 0 aliphatic carbocycles. The zero-order valence-corrected chi connectivity index (χ0v) is 14.2. The summed E-state index contributed by atoms with van der Waals surface area (Å²) in [5.41, 5.74) is 1.44. The van der Waals surface area contributed by atoms with Crippen molar-refractivity contribution in [3.05, 3.63) is 12.3 Å². The maximum absolute atomic E-state index is 4.65. The molecule has 1 heterocycles. The first-order valence-corrected chi connectivity index (χ1v) is 9.33. The van der Waals surface area contributed by atoms with Gasteiger partial charge in [0.15, 0.2) is 0 Å². The second-order valence-corrected chi connectivity index (χ2v) is 6.52. The van der Waals surface area contributed by atoms with Gasteiger partial charge in [-0.3, -0.25) is 4.99 Å². The Balaban J connectivity index is 2.09. The van der Waals surface area contributed by atoms with E-state index in [-0.39, 0.29) is 0 Å². The fraction of sp³-hybridized carbons (Fsp3) is 0.833. The van der Waals surface area contributed by atoms with Crippen LogP contribution >= 0.6 is 12.6 Å². The largest absolute Gasteiger partial charge is 0.266 e. The van der Waals surface area contributed by atoms with Gasteiger partial charge in [-0.2, -0.15) is 12.6 Å². The van der Waals surface area contributed by atoms with Crippen molar-refractivity contribution in [2.75, 3.05) is 5.75 Å². The van der Waals surface area contributed by atoms with Crippen molar-refractivity contribution in [3.8, 4) is 0 Å². The first-order valence-electron chi connectivity index (χ1n) is 8.70. The normalized spacial score (nSPS) is 18.9. The molecule has 1 rings (SSSR count). The lowest BCUT2D eigenvalue weighted by Gasteiger charge is -2.11. The molecule has 0 saturated heterocycles. The predicted octanol–water partition coefficient (Wildman–Crippen LogP) is 6.20. The van der Waals surface area contributed by atoms with Crippen LogP contribution < -0.4 is 0 Å². The van der Waals surface area contributed by atoms with E-state index < -0.39 is 0 Å². The van der Waals surface area contributed by atoms with E-state index in [0.717, 1.165) is 11.7 Å². The summed E-state index contributed by atoms with van der Waals surface area (Å²) in [5.74, 6) is 1.81. The fourth-order valence-electron chi connectivity index (χ4n) is 2.84. The number of allylic oxidation sites excluding steroid dienone is 1. The summed E-state index contributed by atoms with van der Waals surface area (Å²) < 4.78 is 0. The molecular formula is C18H33NS. The molecule has 0 amide bonds. The molecule has 0 saturated carbocycles. The van der Waals surface area contributed by atoms with Gasteiger partial charge in [-0.05, 0) is 50.2 Å². The molecule has 1 atom stereocenters. The number of nitrogens with zero attached hydrogens (tertiary/aromatic N) is 1. The number of unbranched alkanes of at least 4 members (excludes halogenated alkanes) is 6. The monoisotopic (exact) mass is 295 g/mol. The predicted molar refractivity (Wildman–Crippen MR) is 95.0 cm³/mol. The van der Waals surface area contributed by atoms with Crippen LogP contribution in [0, 0.1) is 5.92 Å². The third kappa shape index (κ3) is 8.84. The van der Waals surface area contributed by atoms with E-state index in [1.165, 1.54) is 82.8 Å². The fourth-order valence-corrected chi connectivity index (χ4v) is 3.06. The highest BCUT2D eigenvalue weighted by Gasteiger charge is 2.10. The minimum atomic E-state index is 0.767. The summed E-state index contributed by atoms with van der Waals surface area (Å²) in [6, 6.07) is 0. The summed E-state index contributed by atoms with van der Waals surface area (Å²) in [4.78, 5) is 4.65. The lowest BCUT2D eigenvalue weighted by atomic mass is 9.94. The van der Waals surface area contributed by atoms with Crippen LogP contribution in [0.1, 0.15) is 84.0 Å². The van der Waals surface area contributed by atoms with Gasteiger partial charge in [-0.25, -0.2) is 0 Å². The Morgan fingerprint density at radius 1 is 1.10 bits per heavy atom. The molecular weight excluding hydrogens is 262 g/mol. The quantitative estimate of drug-likeness (QED) is 0.344. The second-order valence-electron chi connectivity index (χ2n) is 6.07. The SMILES string of the molecule is CCCCCCC1=NC=CC(CCCCCCS)CC1. The average Bonchev–Trinajstić information content (AvgIpc) is 2.69. The van der Waals surface area contributed by atoms with E-state index in [2.05, 4.69) is 36.8 Å². The summed E-state index contributed by atoms with van der Waals surface area (Å²) in [7, 11) is 0.